The third-order valence-corrected chi connectivity index (χ3v) is 4.66. The zero-order chi connectivity index (χ0) is 17.7. The van der Waals surface area contributed by atoms with Crippen LogP contribution in [0.2, 0.25) is 0 Å². The Hall–Kier alpha value is -2.23. The van der Waals surface area contributed by atoms with Gasteiger partial charge in [0.05, 0.1) is 18.6 Å². The van der Waals surface area contributed by atoms with Crippen LogP contribution in [0.3, 0.4) is 0 Å². The molecule has 0 radical (unpaired) electrons. The maximum atomic E-state index is 11.9. The van der Waals surface area contributed by atoms with Crippen LogP contribution in [0.25, 0.3) is 10.4 Å². The molecule has 0 aliphatic carbocycles. The third kappa shape index (κ3) is 4.40. The number of carbonyl (C=O) groups is 1. The molecule has 2 heterocycles. The minimum absolute atomic E-state index is 0.0333. The summed E-state index contributed by atoms with van der Waals surface area (Å²) in [5.74, 6) is -0.0138. The molecule has 0 bridgehead atoms. The van der Waals surface area contributed by atoms with Crippen molar-refractivity contribution in [3.8, 4) is 0 Å². The first kappa shape index (κ1) is 18.1. The van der Waals surface area contributed by atoms with Gasteiger partial charge >= 0.3 is 11.7 Å². The van der Waals surface area contributed by atoms with Crippen LogP contribution in [0.15, 0.2) is 20.9 Å². The van der Waals surface area contributed by atoms with Gasteiger partial charge in [-0.3, -0.25) is 19.1 Å². The second-order valence-corrected chi connectivity index (χ2v) is 6.48. The number of hydrogen-bond donors (Lipinski definition) is 2. The number of aromatic amines is 1. The molecule has 24 heavy (non-hydrogen) atoms. The van der Waals surface area contributed by atoms with E-state index in [0.717, 1.165) is 0 Å². The smallest absolute Gasteiger partial charge is 0.330 e. The second-order valence-electron chi connectivity index (χ2n) is 5.33. The Kier molecular flexibility index (Phi) is 6.07. The molecule has 2 rings (SSSR count). The molecule has 1 aliphatic heterocycles. The number of carboxylic acids is 1. The SMILES string of the molecule is Cc1cn([C@H]2C[C@H](N=[N+]=[N-])[C@@H](CSCCC(=O)O)O2)c(=O)[nH]c1=O. The largest absolute Gasteiger partial charge is 0.481 e. The van der Waals surface area contributed by atoms with Crippen LogP contribution < -0.4 is 11.2 Å². The van der Waals surface area contributed by atoms with Gasteiger partial charge in [-0.25, -0.2) is 4.79 Å². The van der Waals surface area contributed by atoms with E-state index in [0.29, 0.717) is 23.5 Å². The van der Waals surface area contributed by atoms with Gasteiger partial charge < -0.3 is 9.84 Å². The van der Waals surface area contributed by atoms with E-state index in [4.69, 9.17) is 15.4 Å². The second kappa shape index (κ2) is 8.04. The highest BCUT2D eigenvalue weighted by Crippen LogP contribution is 2.32. The molecule has 10 nitrogen and oxygen atoms in total. The van der Waals surface area contributed by atoms with Crippen molar-refractivity contribution in [2.45, 2.75) is 38.1 Å². The fraction of sp³-hybridized carbons (Fsp3) is 0.615. The van der Waals surface area contributed by atoms with Crippen LogP contribution in [0.4, 0.5) is 0 Å². The molecule has 2 N–H and O–H groups in total. The lowest BCUT2D eigenvalue weighted by Crippen LogP contribution is -2.33. The molecule has 0 spiro atoms. The van der Waals surface area contributed by atoms with Gasteiger partial charge in [0.15, 0.2) is 0 Å². The molecule has 1 aliphatic rings. The number of nitrogens with one attached hydrogen (secondary N) is 1. The Labute approximate surface area is 140 Å². The number of nitrogens with zero attached hydrogens (tertiary/aromatic N) is 4. The predicted octanol–water partition coefficient (Wildman–Crippen LogP) is 1.02. The molecule has 0 amide bonds. The van der Waals surface area contributed by atoms with Crippen molar-refractivity contribution in [2.24, 2.45) is 5.11 Å². The quantitative estimate of drug-likeness (QED) is 0.322. The van der Waals surface area contributed by atoms with Crippen molar-refractivity contribution < 1.29 is 14.6 Å². The van der Waals surface area contributed by atoms with E-state index >= 15 is 0 Å². The number of aliphatic carboxylic acids is 1. The molecule has 0 unspecified atom stereocenters. The van der Waals surface area contributed by atoms with Crippen LogP contribution in [0.1, 0.15) is 24.6 Å². The van der Waals surface area contributed by atoms with Crippen LogP contribution in [-0.4, -0.2) is 44.3 Å². The van der Waals surface area contributed by atoms with E-state index in [-0.39, 0.29) is 6.42 Å². The highest BCUT2D eigenvalue weighted by molar-refractivity contribution is 7.99. The van der Waals surface area contributed by atoms with Crippen LogP contribution in [0.5, 0.6) is 0 Å². The number of azide groups is 1. The van der Waals surface area contributed by atoms with Crippen molar-refractivity contribution in [2.75, 3.05) is 11.5 Å². The molecule has 3 atom stereocenters. The van der Waals surface area contributed by atoms with Gasteiger partial charge in [-0.1, -0.05) is 5.11 Å². The minimum atomic E-state index is -0.880. The van der Waals surface area contributed by atoms with E-state index in [2.05, 4.69) is 15.0 Å². The summed E-state index contributed by atoms with van der Waals surface area (Å²) in [6, 6.07) is -0.462. The summed E-state index contributed by atoms with van der Waals surface area (Å²) in [5, 5.41) is 12.3. The Morgan fingerprint density at radius 2 is 2.38 bits per heavy atom. The fourth-order valence-corrected chi connectivity index (χ4v) is 3.40. The molecule has 1 aromatic rings. The highest BCUT2D eigenvalue weighted by Gasteiger charge is 2.36. The number of carboxylic acid groups (broad SMARTS) is 1. The van der Waals surface area contributed by atoms with Gasteiger partial charge in [0, 0.05) is 34.6 Å². The molecule has 1 saturated heterocycles. The van der Waals surface area contributed by atoms with E-state index in [1.54, 1.807) is 6.92 Å². The normalized spacial score (nSPS) is 23.0. The van der Waals surface area contributed by atoms with Gasteiger partial charge in [-0.05, 0) is 12.5 Å². The number of H-pyrrole nitrogens is 1. The summed E-state index contributed by atoms with van der Waals surface area (Å²) in [7, 11) is 0. The molecule has 1 fully saturated rings. The van der Waals surface area contributed by atoms with E-state index in [1.165, 1.54) is 22.5 Å². The molecule has 0 saturated carbocycles. The Morgan fingerprint density at radius 1 is 1.62 bits per heavy atom. The maximum Gasteiger partial charge on any atom is 0.330 e. The van der Waals surface area contributed by atoms with Crippen LogP contribution in [-0.2, 0) is 9.53 Å². The topological polar surface area (TPSA) is 150 Å². The van der Waals surface area contributed by atoms with Gasteiger partial charge in [0.25, 0.3) is 5.56 Å². The van der Waals surface area contributed by atoms with Gasteiger partial charge in [-0.2, -0.15) is 11.8 Å². The number of hydrogen-bond acceptors (Lipinski definition) is 6. The highest BCUT2D eigenvalue weighted by atomic mass is 32.2. The Morgan fingerprint density at radius 3 is 3.04 bits per heavy atom. The zero-order valence-corrected chi connectivity index (χ0v) is 13.7. The minimum Gasteiger partial charge on any atom is -0.481 e. The standard InChI is InChI=1S/C13H17N5O5S/c1-7-5-18(13(22)15-12(7)21)10-4-8(16-17-14)9(23-10)6-24-3-2-11(19)20/h5,8-10H,2-4,6H2,1H3,(H,19,20)(H,15,21,22)/t8-,9+,10+/m0/s1. The zero-order valence-electron chi connectivity index (χ0n) is 12.9. The molecular weight excluding hydrogens is 338 g/mol. The van der Waals surface area contributed by atoms with Crippen molar-refractivity contribution in [3.63, 3.8) is 0 Å². The van der Waals surface area contributed by atoms with E-state index < -0.39 is 35.6 Å². The number of thioether (sulfide) groups is 1. The molecular formula is C13H17N5O5S. The monoisotopic (exact) mass is 355 g/mol. The predicted molar refractivity (Wildman–Crippen MR) is 87.1 cm³/mol. The number of ether oxygens (including phenoxy) is 1. The first-order valence-corrected chi connectivity index (χ1v) is 8.39. The lowest BCUT2D eigenvalue weighted by Gasteiger charge is -2.16. The summed E-state index contributed by atoms with van der Waals surface area (Å²) >= 11 is 1.38. The molecule has 0 aromatic carbocycles. The Bertz CT molecular complexity index is 769. The number of aryl methyl sites for hydroxylation is 1. The van der Waals surface area contributed by atoms with Crippen molar-refractivity contribution in [1.82, 2.24) is 9.55 Å². The lowest BCUT2D eigenvalue weighted by molar-refractivity contribution is -0.136. The number of aromatic nitrogens is 2. The first-order chi connectivity index (χ1) is 11.4. The van der Waals surface area contributed by atoms with E-state index in [9.17, 15) is 14.4 Å². The summed E-state index contributed by atoms with van der Waals surface area (Å²) < 4.78 is 7.08. The van der Waals surface area contributed by atoms with Crippen molar-refractivity contribution in [1.29, 1.82) is 0 Å². The average molecular weight is 355 g/mol. The summed E-state index contributed by atoms with van der Waals surface area (Å²) in [5.41, 5.74) is 8.01. The lowest BCUT2D eigenvalue weighted by atomic mass is 10.1. The third-order valence-electron chi connectivity index (χ3n) is 3.60. The van der Waals surface area contributed by atoms with Crippen molar-refractivity contribution >= 4 is 17.7 Å². The van der Waals surface area contributed by atoms with Crippen molar-refractivity contribution in [3.05, 3.63) is 43.0 Å². The Balaban J connectivity index is 2.10. The van der Waals surface area contributed by atoms with Crippen LogP contribution in [0, 0.1) is 6.92 Å². The average Bonchev–Trinajstić information content (AvgIpc) is 2.90. The summed E-state index contributed by atoms with van der Waals surface area (Å²) in [6.07, 6.45) is 0.682. The van der Waals surface area contributed by atoms with E-state index in [1.807, 2.05) is 0 Å². The van der Waals surface area contributed by atoms with Crippen LogP contribution >= 0.6 is 11.8 Å². The van der Waals surface area contributed by atoms with Gasteiger partial charge in [0.1, 0.15) is 6.23 Å². The molecule has 1 aromatic heterocycles. The molecule has 130 valence electrons. The summed E-state index contributed by atoms with van der Waals surface area (Å²) in [6.45, 7) is 1.58. The summed E-state index contributed by atoms with van der Waals surface area (Å²) in [4.78, 5) is 38.9. The molecule has 11 heteroatoms. The maximum absolute atomic E-state index is 11.9. The number of rotatable bonds is 7. The fourth-order valence-electron chi connectivity index (χ4n) is 2.38. The first-order valence-electron chi connectivity index (χ1n) is 7.23. The van der Waals surface area contributed by atoms with Gasteiger partial charge in [-0.15, -0.1) is 0 Å². The van der Waals surface area contributed by atoms with Gasteiger partial charge in [0.2, 0.25) is 0 Å².